The van der Waals surface area contributed by atoms with Gasteiger partial charge in [-0.3, -0.25) is 19.3 Å². The Morgan fingerprint density at radius 2 is 1.79 bits per heavy atom. The second kappa shape index (κ2) is 9.43. The van der Waals surface area contributed by atoms with E-state index in [9.17, 15) is 23.6 Å². The molecule has 11 heteroatoms. The van der Waals surface area contributed by atoms with Gasteiger partial charge in [-0.2, -0.15) is 0 Å². The van der Waals surface area contributed by atoms with E-state index >= 15 is 0 Å². The van der Waals surface area contributed by atoms with Crippen LogP contribution >= 0.6 is 11.3 Å². The van der Waals surface area contributed by atoms with E-state index in [4.69, 9.17) is 9.15 Å². The molecule has 0 saturated carbocycles. The largest absolute Gasteiger partial charge is 0.465 e. The van der Waals surface area contributed by atoms with E-state index in [-0.39, 0.29) is 38.8 Å². The summed E-state index contributed by atoms with van der Waals surface area (Å²) < 4.78 is 24.7. The molecule has 2 amide bonds. The molecule has 1 unspecified atom stereocenters. The highest BCUT2D eigenvalue weighted by Crippen LogP contribution is 2.55. The van der Waals surface area contributed by atoms with Crippen LogP contribution in [-0.2, 0) is 21.6 Å². The fourth-order valence-electron chi connectivity index (χ4n) is 5.97. The third-order valence-corrected chi connectivity index (χ3v) is 9.00. The van der Waals surface area contributed by atoms with Gasteiger partial charge >= 0.3 is 5.97 Å². The van der Waals surface area contributed by atoms with Gasteiger partial charge in [-0.15, -0.1) is 0 Å². The number of carbonyl (C=O) groups excluding carboxylic acids is 3. The highest BCUT2D eigenvalue weighted by atomic mass is 32.1. The summed E-state index contributed by atoms with van der Waals surface area (Å²) >= 11 is 0.884. The average molecular weight is 596 g/mol. The van der Waals surface area contributed by atoms with Crippen LogP contribution in [0.2, 0.25) is 0 Å². The van der Waals surface area contributed by atoms with Crippen molar-refractivity contribution in [2.24, 2.45) is 0 Å². The van der Waals surface area contributed by atoms with Gasteiger partial charge < -0.3 is 14.1 Å². The summed E-state index contributed by atoms with van der Waals surface area (Å²) in [7, 11) is 1.24. The van der Waals surface area contributed by atoms with Crippen LogP contribution in [0.25, 0.3) is 11.0 Å². The number of anilines is 2. The molecular formula is C32H22FN3O6S. The number of halogens is 1. The standard InChI is InChI=1S/C32H22FN3O6S/c1-16-8-13-23-20(14-16)25(37)24-26(42-23)28(38)36(31-34-17(2)27(43-31)29(39)41-3)32(24)21-6-4-5-7-22(21)35(30(32)40)15-18-9-11-19(33)12-10-18/h4-14H,15H2,1-3H3. The highest BCUT2D eigenvalue weighted by Gasteiger charge is 2.66. The second-order valence-electron chi connectivity index (χ2n) is 10.4. The summed E-state index contributed by atoms with van der Waals surface area (Å²) in [6.45, 7) is 3.46. The molecule has 3 aromatic carbocycles. The average Bonchev–Trinajstić information content (AvgIpc) is 3.59. The third-order valence-electron chi connectivity index (χ3n) is 7.88. The minimum Gasteiger partial charge on any atom is -0.465 e. The smallest absolute Gasteiger partial charge is 0.350 e. The van der Waals surface area contributed by atoms with Crippen LogP contribution in [0.5, 0.6) is 0 Å². The number of amides is 2. The summed E-state index contributed by atoms with van der Waals surface area (Å²) in [6, 6.07) is 17.7. The Labute approximate surface area is 247 Å². The van der Waals surface area contributed by atoms with E-state index < -0.39 is 34.6 Å². The van der Waals surface area contributed by atoms with Crippen molar-refractivity contribution in [3.63, 3.8) is 0 Å². The van der Waals surface area contributed by atoms with Crippen LogP contribution in [0.3, 0.4) is 0 Å². The molecule has 0 N–H and O–H groups in total. The van der Waals surface area contributed by atoms with E-state index in [2.05, 4.69) is 4.98 Å². The predicted octanol–water partition coefficient (Wildman–Crippen LogP) is 5.24. The van der Waals surface area contributed by atoms with Crippen LogP contribution in [0.1, 0.15) is 48.2 Å². The maximum atomic E-state index is 14.9. The molecule has 43 heavy (non-hydrogen) atoms. The molecule has 1 atom stereocenters. The Morgan fingerprint density at radius 3 is 2.53 bits per heavy atom. The molecule has 1 spiro atoms. The predicted molar refractivity (Wildman–Crippen MR) is 157 cm³/mol. The summed E-state index contributed by atoms with van der Waals surface area (Å²) in [4.78, 5) is 63.6. The molecule has 0 aliphatic carbocycles. The molecular weight excluding hydrogens is 573 g/mol. The van der Waals surface area contributed by atoms with E-state index in [1.54, 1.807) is 61.5 Å². The zero-order chi connectivity index (χ0) is 30.2. The SMILES string of the molecule is COC(=O)c1sc(N2C(=O)c3oc4ccc(C)cc4c(=O)c3C23C(=O)N(Cc2ccc(F)cc2)c2ccccc23)nc1C. The fourth-order valence-corrected chi connectivity index (χ4v) is 7.00. The topological polar surface area (TPSA) is 110 Å². The summed E-state index contributed by atoms with van der Waals surface area (Å²) in [5.74, 6) is -2.68. The molecule has 0 fully saturated rings. The number of fused-ring (bicyclic) bond motifs is 5. The number of benzene rings is 3. The van der Waals surface area contributed by atoms with Crippen molar-refractivity contribution >= 4 is 50.9 Å². The van der Waals surface area contributed by atoms with Gasteiger partial charge in [0, 0.05) is 5.56 Å². The lowest BCUT2D eigenvalue weighted by Gasteiger charge is -2.32. The van der Waals surface area contributed by atoms with Crippen molar-refractivity contribution in [2.75, 3.05) is 16.9 Å². The van der Waals surface area contributed by atoms with Crippen LogP contribution < -0.4 is 15.2 Å². The number of rotatable bonds is 4. The van der Waals surface area contributed by atoms with Crippen LogP contribution in [0.4, 0.5) is 15.2 Å². The van der Waals surface area contributed by atoms with Gasteiger partial charge in [-0.05, 0) is 49.7 Å². The maximum absolute atomic E-state index is 14.9. The number of hydrogen-bond donors (Lipinski definition) is 0. The number of aromatic nitrogens is 1. The Balaban J connectivity index is 1.55. The monoisotopic (exact) mass is 595 g/mol. The summed E-state index contributed by atoms with van der Waals surface area (Å²) in [5, 5.41) is 0.251. The first-order valence-corrected chi connectivity index (χ1v) is 14.1. The van der Waals surface area contributed by atoms with Crippen LogP contribution in [-0.4, -0.2) is 29.9 Å². The van der Waals surface area contributed by atoms with Crippen molar-refractivity contribution < 1.29 is 27.9 Å². The normalized spacial score (nSPS) is 17.2. The van der Waals surface area contributed by atoms with Gasteiger partial charge in [0.05, 0.1) is 36.0 Å². The van der Waals surface area contributed by atoms with Gasteiger partial charge in [-0.1, -0.05) is 53.3 Å². The lowest BCUT2D eigenvalue weighted by Crippen LogP contribution is -2.53. The Hall–Kier alpha value is -5.16. The van der Waals surface area contributed by atoms with Crippen molar-refractivity contribution in [3.8, 4) is 0 Å². The molecule has 2 aliphatic rings. The third kappa shape index (κ3) is 3.64. The van der Waals surface area contributed by atoms with Gasteiger partial charge in [0.25, 0.3) is 11.8 Å². The van der Waals surface area contributed by atoms with Crippen molar-refractivity contribution in [1.29, 1.82) is 0 Å². The first-order chi connectivity index (χ1) is 20.7. The quantitative estimate of drug-likeness (QED) is 0.261. The fraction of sp³-hybridized carbons (Fsp3) is 0.156. The van der Waals surface area contributed by atoms with Crippen molar-refractivity contribution in [2.45, 2.75) is 25.9 Å². The number of aryl methyl sites for hydroxylation is 2. The Morgan fingerprint density at radius 1 is 1.05 bits per heavy atom. The number of carbonyl (C=O) groups is 3. The Bertz CT molecular complexity index is 2090. The molecule has 0 saturated heterocycles. The minimum atomic E-state index is -1.99. The maximum Gasteiger partial charge on any atom is 0.350 e. The first-order valence-electron chi connectivity index (χ1n) is 13.3. The first kappa shape index (κ1) is 26.7. The van der Waals surface area contributed by atoms with Gasteiger partial charge in [0.15, 0.2) is 16.1 Å². The molecule has 0 bridgehead atoms. The van der Waals surface area contributed by atoms with Crippen LogP contribution in [0, 0.1) is 19.7 Å². The number of nitrogens with zero attached hydrogens (tertiary/aromatic N) is 3. The minimum absolute atomic E-state index is 0.0284. The molecule has 5 aromatic rings. The zero-order valence-corrected chi connectivity index (χ0v) is 24.0. The van der Waals surface area contributed by atoms with Crippen molar-refractivity contribution in [1.82, 2.24) is 4.98 Å². The van der Waals surface area contributed by atoms with Gasteiger partial charge in [0.2, 0.25) is 5.76 Å². The molecule has 2 aliphatic heterocycles. The van der Waals surface area contributed by atoms with Gasteiger partial charge in [-0.25, -0.2) is 14.2 Å². The molecule has 9 nitrogen and oxygen atoms in total. The molecule has 7 rings (SSSR count). The van der Waals surface area contributed by atoms with E-state index in [0.29, 0.717) is 22.5 Å². The van der Waals surface area contributed by atoms with Crippen molar-refractivity contribution in [3.05, 3.63) is 121 Å². The lowest BCUT2D eigenvalue weighted by molar-refractivity contribution is -0.121. The molecule has 2 aromatic heterocycles. The lowest BCUT2D eigenvalue weighted by atomic mass is 9.84. The molecule has 0 radical (unpaired) electrons. The number of para-hydroxylation sites is 1. The second-order valence-corrected chi connectivity index (χ2v) is 11.4. The van der Waals surface area contributed by atoms with Gasteiger partial charge in [0.1, 0.15) is 16.3 Å². The summed E-state index contributed by atoms with van der Waals surface area (Å²) in [5.41, 5.74) is 0.139. The number of hydrogen-bond acceptors (Lipinski definition) is 8. The Kier molecular flexibility index (Phi) is 5.86. The highest BCUT2D eigenvalue weighted by molar-refractivity contribution is 7.17. The number of thiazole rings is 1. The van der Waals surface area contributed by atoms with E-state index in [1.165, 1.54) is 29.0 Å². The van der Waals surface area contributed by atoms with E-state index in [1.807, 2.05) is 6.92 Å². The molecule has 214 valence electrons. The zero-order valence-electron chi connectivity index (χ0n) is 23.1. The number of esters is 1. The van der Waals surface area contributed by atoms with E-state index in [0.717, 1.165) is 16.9 Å². The number of ether oxygens (including phenoxy) is 1. The summed E-state index contributed by atoms with van der Waals surface area (Å²) in [6.07, 6.45) is 0. The number of methoxy groups -OCH3 is 1. The molecule has 4 heterocycles. The van der Waals surface area contributed by atoms with Crippen LogP contribution in [0.15, 0.2) is 75.9 Å².